The maximum absolute atomic E-state index is 9.84. The number of hydrogen-bond acceptors (Lipinski definition) is 9. The molecule has 5 heterocycles. The summed E-state index contributed by atoms with van der Waals surface area (Å²) in [4.78, 5) is 12.0. The van der Waals surface area contributed by atoms with E-state index in [4.69, 9.17) is 25.2 Å². The predicted octanol–water partition coefficient (Wildman–Crippen LogP) is 2.95. The minimum atomic E-state index is -0.297. The quantitative estimate of drug-likeness (QED) is 0.434. The minimum absolute atomic E-state index is 0.0691. The van der Waals surface area contributed by atoms with Crippen molar-refractivity contribution in [1.82, 2.24) is 29.9 Å². The number of nitrogens with two attached hydrogens (primary N) is 1. The Morgan fingerprint density at radius 3 is 2.97 bits per heavy atom. The number of aliphatic imine (C=N–C) groups is 1. The average Bonchev–Trinajstić information content (AvgIpc) is 3.61. The first-order valence-electron chi connectivity index (χ1n) is 13.6. The number of aromatic amines is 1. The van der Waals surface area contributed by atoms with Gasteiger partial charge in [-0.05, 0) is 65.3 Å². The molecule has 1 saturated heterocycles. The lowest BCUT2D eigenvalue weighted by Gasteiger charge is -2.31. The first-order valence-corrected chi connectivity index (χ1v) is 13.6. The fourth-order valence-corrected chi connectivity index (χ4v) is 5.51. The Kier molecular flexibility index (Phi) is 7.72. The lowest BCUT2D eigenvalue weighted by molar-refractivity contribution is 0.107. The number of aliphatic hydroxyl groups is 1. The highest BCUT2D eigenvalue weighted by molar-refractivity contribution is 6.05. The number of aliphatic hydroxyl groups excluding tert-OH is 1. The molecule has 1 fully saturated rings. The SMILES string of the molecule is CCO/C(N)=C1\C=C\c2n[nH]c3cnc(cc23)-c2c(C)nn(C)c2O[C@@H](C)[C@H]2CCCN2CC1=N[C@@H](C)CO. The van der Waals surface area contributed by atoms with Crippen molar-refractivity contribution in [2.75, 3.05) is 26.3 Å². The monoisotopic (exact) mass is 534 g/mol. The zero-order chi connectivity index (χ0) is 27.7. The zero-order valence-electron chi connectivity index (χ0n) is 23.3. The Bertz CT molecular complexity index is 1440. The van der Waals surface area contributed by atoms with Gasteiger partial charge in [-0.1, -0.05) is 0 Å². The second kappa shape index (κ2) is 11.2. The molecule has 39 heavy (non-hydrogen) atoms. The van der Waals surface area contributed by atoms with E-state index in [0.717, 1.165) is 58.6 Å². The molecule has 0 amide bonds. The maximum Gasteiger partial charge on any atom is 0.221 e. The summed E-state index contributed by atoms with van der Waals surface area (Å²) in [7, 11) is 1.90. The van der Waals surface area contributed by atoms with E-state index < -0.39 is 0 Å². The summed E-state index contributed by atoms with van der Waals surface area (Å²) in [5.41, 5.74) is 12.0. The van der Waals surface area contributed by atoms with Crippen LogP contribution in [0.5, 0.6) is 5.88 Å². The Hall–Kier alpha value is -3.70. The summed E-state index contributed by atoms with van der Waals surface area (Å²) in [5.74, 6) is 0.983. The van der Waals surface area contributed by atoms with Gasteiger partial charge in [0.1, 0.15) is 6.10 Å². The van der Waals surface area contributed by atoms with Crippen molar-refractivity contribution in [2.45, 2.75) is 58.7 Å². The van der Waals surface area contributed by atoms with Gasteiger partial charge in [-0.25, -0.2) is 4.68 Å². The summed E-state index contributed by atoms with van der Waals surface area (Å²) >= 11 is 0. The molecular formula is C28H38N8O3. The molecule has 5 rings (SSSR count). The van der Waals surface area contributed by atoms with E-state index in [2.05, 4.69) is 27.1 Å². The number of aryl methyl sites for hydroxylation is 2. The normalized spacial score (nSPS) is 24.1. The van der Waals surface area contributed by atoms with Crippen LogP contribution in [0.15, 0.2) is 34.8 Å². The van der Waals surface area contributed by atoms with Gasteiger partial charge >= 0.3 is 0 Å². The lowest BCUT2D eigenvalue weighted by Crippen LogP contribution is -2.43. The van der Waals surface area contributed by atoms with E-state index in [-0.39, 0.29) is 24.8 Å². The van der Waals surface area contributed by atoms with Gasteiger partial charge in [0.2, 0.25) is 5.88 Å². The Morgan fingerprint density at radius 2 is 2.21 bits per heavy atom. The molecular weight excluding hydrogens is 496 g/mol. The van der Waals surface area contributed by atoms with Gasteiger partial charge in [0.05, 0.1) is 64.9 Å². The fraction of sp³-hybridized carbons (Fsp3) is 0.500. The van der Waals surface area contributed by atoms with E-state index in [0.29, 0.717) is 30.5 Å². The van der Waals surface area contributed by atoms with Gasteiger partial charge in [0.25, 0.3) is 0 Å². The smallest absolute Gasteiger partial charge is 0.221 e. The molecule has 2 aliphatic heterocycles. The van der Waals surface area contributed by atoms with Crippen molar-refractivity contribution in [1.29, 1.82) is 0 Å². The largest absolute Gasteiger partial charge is 0.479 e. The van der Waals surface area contributed by atoms with Crippen LogP contribution in [0.3, 0.4) is 0 Å². The Morgan fingerprint density at radius 1 is 1.38 bits per heavy atom. The van der Waals surface area contributed by atoms with Gasteiger partial charge in [-0.2, -0.15) is 10.2 Å². The van der Waals surface area contributed by atoms with Crippen LogP contribution in [-0.4, -0.2) is 85.2 Å². The number of hydrogen-bond donors (Lipinski definition) is 3. The number of aromatic nitrogens is 5. The van der Waals surface area contributed by atoms with Crippen LogP contribution in [-0.2, 0) is 11.8 Å². The second-order valence-corrected chi connectivity index (χ2v) is 10.3. The summed E-state index contributed by atoms with van der Waals surface area (Å²) in [6.45, 7) is 9.66. The highest BCUT2D eigenvalue weighted by Gasteiger charge is 2.34. The maximum atomic E-state index is 9.84. The number of fused-ring (bicyclic) bond motifs is 4. The number of nitrogens with one attached hydrogen (secondary N) is 1. The van der Waals surface area contributed by atoms with Crippen molar-refractivity contribution in [3.05, 3.63) is 41.2 Å². The standard InChI is InChI=1S/C28H38N8O3/c1-6-38-27(29)19-9-10-21-20-12-22(30-13-23(20)33-32-21)26-17(3)34-35(5)28(26)39-18(4)25-8-7-11-36(25)14-24(19)31-16(2)15-37/h9-10,12-13,16,18,25,37H,6-8,11,14-15,29H2,1-5H3,(H,32,33)/b10-9+,27-19+,31-24?/t16-,18-,25+/m0/s1. The molecule has 3 aromatic heterocycles. The first-order chi connectivity index (χ1) is 18.8. The van der Waals surface area contributed by atoms with Crippen molar-refractivity contribution < 1.29 is 14.6 Å². The van der Waals surface area contributed by atoms with Gasteiger partial charge in [0.15, 0.2) is 5.88 Å². The highest BCUT2D eigenvalue weighted by Crippen LogP contribution is 2.35. The summed E-state index contributed by atoms with van der Waals surface area (Å²) in [6, 6.07) is 1.87. The summed E-state index contributed by atoms with van der Waals surface area (Å²) in [5, 5.41) is 23.0. The van der Waals surface area contributed by atoms with E-state index >= 15 is 0 Å². The number of allylic oxidation sites excluding steroid dienone is 1. The summed E-state index contributed by atoms with van der Waals surface area (Å²) in [6.07, 6.45) is 7.53. The third kappa shape index (κ3) is 5.28. The number of H-pyrrole nitrogens is 1. The van der Waals surface area contributed by atoms with Crippen LogP contribution in [0.1, 0.15) is 45.0 Å². The second-order valence-electron chi connectivity index (χ2n) is 10.3. The predicted molar refractivity (Wildman–Crippen MR) is 151 cm³/mol. The number of pyridine rings is 1. The molecule has 11 heteroatoms. The fourth-order valence-electron chi connectivity index (χ4n) is 5.51. The van der Waals surface area contributed by atoms with Crippen molar-refractivity contribution in [2.24, 2.45) is 17.8 Å². The van der Waals surface area contributed by atoms with Gasteiger partial charge in [-0.3, -0.25) is 20.0 Å². The average molecular weight is 535 g/mol. The highest BCUT2D eigenvalue weighted by atomic mass is 16.5. The van der Waals surface area contributed by atoms with Crippen molar-refractivity contribution in [3.63, 3.8) is 0 Å². The van der Waals surface area contributed by atoms with E-state index in [1.165, 1.54) is 0 Å². The number of rotatable bonds is 4. The molecule has 4 N–H and O–H groups in total. The topological polar surface area (TPSA) is 140 Å². The molecule has 2 bridgehead atoms. The van der Waals surface area contributed by atoms with E-state index in [1.807, 2.05) is 46.0 Å². The van der Waals surface area contributed by atoms with Crippen LogP contribution in [0.2, 0.25) is 0 Å². The lowest BCUT2D eigenvalue weighted by atomic mass is 10.1. The molecule has 11 nitrogen and oxygen atoms in total. The molecule has 0 saturated carbocycles. The molecule has 0 aromatic carbocycles. The molecule has 3 atom stereocenters. The van der Waals surface area contributed by atoms with E-state index in [9.17, 15) is 5.11 Å². The van der Waals surface area contributed by atoms with Crippen molar-refractivity contribution >= 4 is 22.7 Å². The summed E-state index contributed by atoms with van der Waals surface area (Å²) < 4.78 is 14.2. The first kappa shape index (κ1) is 26.9. The number of ether oxygens (including phenoxy) is 2. The van der Waals surface area contributed by atoms with Crippen LogP contribution in [0.25, 0.3) is 28.2 Å². The third-order valence-corrected chi connectivity index (χ3v) is 7.43. The molecule has 0 spiro atoms. The molecule has 2 aliphatic rings. The third-order valence-electron chi connectivity index (χ3n) is 7.43. The van der Waals surface area contributed by atoms with Crippen LogP contribution in [0.4, 0.5) is 0 Å². The Balaban J connectivity index is 1.73. The number of nitrogens with zero attached hydrogens (tertiary/aromatic N) is 6. The minimum Gasteiger partial charge on any atom is -0.479 e. The zero-order valence-corrected chi connectivity index (χ0v) is 23.3. The molecule has 3 aromatic rings. The molecule has 0 radical (unpaired) electrons. The Labute approximate surface area is 228 Å². The van der Waals surface area contributed by atoms with Crippen LogP contribution < -0.4 is 10.5 Å². The van der Waals surface area contributed by atoms with Crippen LogP contribution in [0, 0.1) is 6.92 Å². The van der Waals surface area contributed by atoms with Gasteiger partial charge < -0.3 is 20.3 Å². The molecule has 0 aliphatic carbocycles. The van der Waals surface area contributed by atoms with E-state index in [1.54, 1.807) is 10.9 Å². The van der Waals surface area contributed by atoms with Gasteiger partial charge in [0, 0.05) is 25.0 Å². The molecule has 208 valence electrons. The van der Waals surface area contributed by atoms with Gasteiger partial charge in [-0.15, -0.1) is 0 Å². The van der Waals surface area contributed by atoms with Crippen LogP contribution >= 0.6 is 0 Å². The molecule has 0 unspecified atom stereocenters. The van der Waals surface area contributed by atoms with Crippen molar-refractivity contribution in [3.8, 4) is 17.1 Å².